The third-order valence-electron chi connectivity index (χ3n) is 2.74. The standard InChI is InChI=1S/C13H9F3N4O/c1-2-11-18-12(21)10(7-17)19-20(11)9-5-3-8(4-6-9)13(14,15)16/h3-6H,2H2,1H3. The van der Waals surface area contributed by atoms with Crippen molar-refractivity contribution in [2.24, 2.45) is 0 Å². The van der Waals surface area contributed by atoms with Crippen molar-refractivity contribution in [3.05, 3.63) is 51.7 Å². The summed E-state index contributed by atoms with van der Waals surface area (Å²) in [6, 6.07) is 5.83. The van der Waals surface area contributed by atoms with Crippen LogP contribution in [0.5, 0.6) is 0 Å². The zero-order chi connectivity index (χ0) is 15.6. The van der Waals surface area contributed by atoms with Gasteiger partial charge in [0.15, 0.2) is 0 Å². The van der Waals surface area contributed by atoms with Crippen LogP contribution in [-0.2, 0) is 12.6 Å². The normalized spacial score (nSPS) is 11.2. The van der Waals surface area contributed by atoms with Gasteiger partial charge in [-0.2, -0.15) is 23.4 Å². The maximum absolute atomic E-state index is 12.5. The highest BCUT2D eigenvalue weighted by Crippen LogP contribution is 2.29. The van der Waals surface area contributed by atoms with Crippen LogP contribution in [0.25, 0.3) is 5.69 Å². The molecule has 0 amide bonds. The fourth-order valence-corrected chi connectivity index (χ4v) is 1.72. The Morgan fingerprint density at radius 2 is 1.90 bits per heavy atom. The molecule has 0 saturated heterocycles. The molecule has 108 valence electrons. The van der Waals surface area contributed by atoms with Gasteiger partial charge in [-0.25, -0.2) is 4.68 Å². The summed E-state index contributed by atoms with van der Waals surface area (Å²) >= 11 is 0. The number of rotatable bonds is 2. The molecular formula is C13H9F3N4O. The van der Waals surface area contributed by atoms with Crippen molar-refractivity contribution in [1.82, 2.24) is 14.8 Å². The monoisotopic (exact) mass is 294 g/mol. The number of benzene rings is 1. The second-order valence-corrected chi connectivity index (χ2v) is 4.10. The summed E-state index contributed by atoms with van der Waals surface area (Å²) in [5.41, 5.74) is -1.66. The van der Waals surface area contributed by atoms with Crippen molar-refractivity contribution >= 4 is 0 Å². The Morgan fingerprint density at radius 1 is 1.29 bits per heavy atom. The molecule has 0 N–H and O–H groups in total. The summed E-state index contributed by atoms with van der Waals surface area (Å²) in [5.74, 6) is 0.263. The smallest absolute Gasteiger partial charge is 0.264 e. The molecule has 0 unspecified atom stereocenters. The molecule has 0 aliphatic rings. The summed E-state index contributed by atoms with van der Waals surface area (Å²) in [7, 11) is 0. The SMILES string of the molecule is CCc1nc(=O)c(C#N)nn1-c1ccc(C(F)(F)F)cc1. The van der Waals surface area contributed by atoms with Crippen LogP contribution in [-0.4, -0.2) is 14.8 Å². The summed E-state index contributed by atoms with van der Waals surface area (Å²) in [4.78, 5) is 15.2. The number of alkyl halides is 3. The van der Waals surface area contributed by atoms with Crippen LogP contribution in [0.2, 0.25) is 0 Å². The molecular weight excluding hydrogens is 285 g/mol. The first-order chi connectivity index (χ1) is 9.86. The van der Waals surface area contributed by atoms with E-state index < -0.39 is 23.0 Å². The predicted molar refractivity (Wildman–Crippen MR) is 66.7 cm³/mol. The number of aromatic nitrogens is 3. The first-order valence-electron chi connectivity index (χ1n) is 5.94. The zero-order valence-corrected chi connectivity index (χ0v) is 10.8. The first kappa shape index (κ1) is 14.7. The van der Waals surface area contributed by atoms with Crippen LogP contribution in [0.4, 0.5) is 13.2 Å². The fraction of sp³-hybridized carbons (Fsp3) is 0.231. The molecule has 0 aliphatic carbocycles. The lowest BCUT2D eigenvalue weighted by Gasteiger charge is -2.11. The lowest BCUT2D eigenvalue weighted by atomic mass is 10.2. The van der Waals surface area contributed by atoms with Gasteiger partial charge in [0.05, 0.1) is 11.3 Å². The maximum Gasteiger partial charge on any atom is 0.416 e. The molecule has 1 aromatic heterocycles. The molecule has 5 nitrogen and oxygen atoms in total. The highest BCUT2D eigenvalue weighted by molar-refractivity contribution is 5.36. The molecule has 0 aliphatic heterocycles. The van der Waals surface area contributed by atoms with E-state index in [1.165, 1.54) is 16.8 Å². The molecule has 21 heavy (non-hydrogen) atoms. The van der Waals surface area contributed by atoms with Gasteiger partial charge in [0.2, 0.25) is 5.69 Å². The summed E-state index contributed by atoms with van der Waals surface area (Å²) in [6.45, 7) is 1.72. The minimum atomic E-state index is -4.43. The highest BCUT2D eigenvalue weighted by atomic mass is 19.4. The molecule has 1 aromatic carbocycles. The van der Waals surface area contributed by atoms with Gasteiger partial charge in [0.1, 0.15) is 11.9 Å². The summed E-state index contributed by atoms with van der Waals surface area (Å²) < 4.78 is 38.8. The topological polar surface area (TPSA) is 71.6 Å². The Bertz CT molecular complexity index is 757. The Morgan fingerprint density at radius 3 is 2.38 bits per heavy atom. The molecule has 2 aromatic rings. The summed E-state index contributed by atoms with van der Waals surface area (Å²) in [6.07, 6.45) is -4.09. The van der Waals surface area contributed by atoms with E-state index >= 15 is 0 Å². The van der Waals surface area contributed by atoms with E-state index in [0.717, 1.165) is 12.1 Å². The number of hydrogen-bond donors (Lipinski definition) is 0. The van der Waals surface area contributed by atoms with E-state index in [2.05, 4.69) is 10.1 Å². The molecule has 2 rings (SSSR count). The van der Waals surface area contributed by atoms with Crippen LogP contribution in [0.3, 0.4) is 0 Å². The quantitative estimate of drug-likeness (QED) is 0.850. The largest absolute Gasteiger partial charge is 0.416 e. The van der Waals surface area contributed by atoms with Crippen molar-refractivity contribution in [2.75, 3.05) is 0 Å². The van der Waals surface area contributed by atoms with Crippen molar-refractivity contribution in [2.45, 2.75) is 19.5 Å². The average Bonchev–Trinajstić information content (AvgIpc) is 2.46. The molecule has 0 atom stereocenters. The van der Waals surface area contributed by atoms with Crippen molar-refractivity contribution < 1.29 is 13.2 Å². The minimum absolute atomic E-state index is 0.263. The summed E-state index contributed by atoms with van der Waals surface area (Å²) in [5, 5.41) is 12.6. The van der Waals surface area contributed by atoms with E-state index in [4.69, 9.17) is 5.26 Å². The van der Waals surface area contributed by atoms with Crippen LogP contribution >= 0.6 is 0 Å². The van der Waals surface area contributed by atoms with Gasteiger partial charge < -0.3 is 0 Å². The van der Waals surface area contributed by atoms with Crippen molar-refractivity contribution in [3.8, 4) is 11.8 Å². The second-order valence-electron chi connectivity index (χ2n) is 4.10. The van der Waals surface area contributed by atoms with Gasteiger partial charge in [-0.05, 0) is 24.3 Å². The molecule has 0 radical (unpaired) electrons. The molecule has 1 heterocycles. The number of halogens is 3. The fourth-order valence-electron chi connectivity index (χ4n) is 1.72. The maximum atomic E-state index is 12.5. The number of hydrogen-bond acceptors (Lipinski definition) is 4. The Kier molecular flexibility index (Phi) is 3.76. The van der Waals surface area contributed by atoms with Gasteiger partial charge in [0.25, 0.3) is 0 Å². The Hall–Kier alpha value is -2.69. The lowest BCUT2D eigenvalue weighted by molar-refractivity contribution is -0.137. The Labute approximate surface area is 117 Å². The lowest BCUT2D eigenvalue weighted by Crippen LogP contribution is -2.22. The highest BCUT2D eigenvalue weighted by Gasteiger charge is 2.30. The van der Waals surface area contributed by atoms with Crippen LogP contribution in [0.1, 0.15) is 24.0 Å². The van der Waals surface area contributed by atoms with E-state index in [9.17, 15) is 18.0 Å². The van der Waals surface area contributed by atoms with Gasteiger partial charge >= 0.3 is 11.7 Å². The van der Waals surface area contributed by atoms with E-state index in [1.807, 2.05) is 0 Å². The predicted octanol–water partition coefficient (Wildman–Crippen LogP) is 2.08. The third-order valence-corrected chi connectivity index (χ3v) is 2.74. The Balaban J connectivity index is 2.56. The molecule has 8 heteroatoms. The molecule has 0 fully saturated rings. The number of aryl methyl sites for hydroxylation is 1. The van der Waals surface area contributed by atoms with Crippen LogP contribution in [0.15, 0.2) is 29.1 Å². The van der Waals surface area contributed by atoms with Crippen LogP contribution in [0, 0.1) is 11.3 Å². The van der Waals surface area contributed by atoms with Crippen molar-refractivity contribution in [1.29, 1.82) is 5.26 Å². The second kappa shape index (κ2) is 5.36. The van der Waals surface area contributed by atoms with Gasteiger partial charge in [-0.15, -0.1) is 5.10 Å². The third kappa shape index (κ3) is 2.91. The number of nitriles is 1. The average molecular weight is 294 g/mol. The molecule has 0 bridgehead atoms. The van der Waals surface area contributed by atoms with Gasteiger partial charge in [-0.3, -0.25) is 4.79 Å². The number of nitrogens with zero attached hydrogens (tertiary/aromatic N) is 4. The van der Waals surface area contributed by atoms with Crippen molar-refractivity contribution in [3.63, 3.8) is 0 Å². The van der Waals surface area contributed by atoms with E-state index in [-0.39, 0.29) is 5.82 Å². The van der Waals surface area contributed by atoms with Gasteiger partial charge in [-0.1, -0.05) is 6.92 Å². The zero-order valence-electron chi connectivity index (χ0n) is 10.8. The minimum Gasteiger partial charge on any atom is -0.264 e. The first-order valence-corrected chi connectivity index (χ1v) is 5.94. The van der Waals surface area contributed by atoms with E-state index in [1.54, 1.807) is 13.0 Å². The molecule has 0 saturated carbocycles. The molecule has 0 spiro atoms. The van der Waals surface area contributed by atoms with Gasteiger partial charge in [0, 0.05) is 6.42 Å². The van der Waals surface area contributed by atoms with E-state index in [0.29, 0.717) is 12.1 Å². The van der Waals surface area contributed by atoms with Crippen LogP contribution < -0.4 is 5.56 Å².